The number of hydrogen-bond donors (Lipinski definition) is 1. The second-order valence-electron chi connectivity index (χ2n) is 5.39. The van der Waals surface area contributed by atoms with Crippen molar-refractivity contribution in [3.8, 4) is 0 Å². The summed E-state index contributed by atoms with van der Waals surface area (Å²) in [6.07, 6.45) is 6.94. The average molecular weight is 312 g/mol. The molecule has 0 aliphatic carbocycles. The van der Waals surface area contributed by atoms with Gasteiger partial charge in [-0.05, 0) is 36.1 Å². The highest BCUT2D eigenvalue weighted by Gasteiger charge is 2.02. The van der Waals surface area contributed by atoms with Gasteiger partial charge in [0.1, 0.15) is 0 Å². The minimum Gasteiger partial charge on any atom is -0.393 e. The third-order valence-corrected chi connectivity index (χ3v) is 4.53. The molecule has 0 saturated carbocycles. The van der Waals surface area contributed by atoms with Crippen LogP contribution >= 0.6 is 11.8 Å². The lowest BCUT2D eigenvalue weighted by Gasteiger charge is -2.08. The molecule has 0 bridgehead atoms. The van der Waals surface area contributed by atoms with Crippen LogP contribution in [0.5, 0.6) is 0 Å². The first-order valence-electron chi connectivity index (χ1n) is 7.92. The van der Waals surface area contributed by atoms with Crippen LogP contribution in [0.15, 0.2) is 59.5 Å². The van der Waals surface area contributed by atoms with Crippen molar-refractivity contribution in [3.63, 3.8) is 0 Å². The number of rotatable bonds is 8. The van der Waals surface area contributed by atoms with Gasteiger partial charge < -0.3 is 5.11 Å². The predicted molar refractivity (Wildman–Crippen MR) is 98.1 cm³/mol. The molecule has 0 aliphatic heterocycles. The molecule has 0 aromatic heterocycles. The van der Waals surface area contributed by atoms with Crippen LogP contribution in [-0.4, -0.2) is 17.0 Å². The lowest BCUT2D eigenvalue weighted by atomic mass is 10.1. The Labute approximate surface area is 138 Å². The van der Waals surface area contributed by atoms with Gasteiger partial charge in [-0.25, -0.2) is 0 Å². The summed E-state index contributed by atoms with van der Waals surface area (Å²) in [5.41, 5.74) is 2.42. The Balaban J connectivity index is 1.81. The molecule has 116 valence electrons. The molecule has 1 N–H and O–H groups in total. The van der Waals surface area contributed by atoms with Crippen molar-refractivity contribution in [2.24, 2.45) is 0 Å². The van der Waals surface area contributed by atoms with Gasteiger partial charge in [-0.15, -0.1) is 11.8 Å². The highest BCUT2D eigenvalue weighted by Crippen LogP contribution is 2.21. The van der Waals surface area contributed by atoms with E-state index in [1.807, 2.05) is 30.0 Å². The van der Waals surface area contributed by atoms with Crippen LogP contribution in [-0.2, 0) is 0 Å². The summed E-state index contributed by atoms with van der Waals surface area (Å²) in [4.78, 5) is 1.26. The quantitative estimate of drug-likeness (QED) is 0.513. The fraction of sp³-hybridized carbons (Fsp3) is 0.300. The minimum atomic E-state index is -0.148. The second-order valence-corrected chi connectivity index (χ2v) is 6.56. The van der Waals surface area contributed by atoms with E-state index in [0.29, 0.717) is 0 Å². The van der Waals surface area contributed by atoms with Crippen molar-refractivity contribution in [3.05, 3.63) is 65.7 Å². The normalized spacial score (nSPS) is 12.6. The molecule has 2 aromatic rings. The molecule has 0 radical (unpaired) electrons. The zero-order valence-electron chi connectivity index (χ0n) is 13.1. The van der Waals surface area contributed by atoms with Crippen LogP contribution in [0.3, 0.4) is 0 Å². The molecule has 0 aliphatic rings. The highest BCUT2D eigenvalue weighted by molar-refractivity contribution is 7.99. The summed E-state index contributed by atoms with van der Waals surface area (Å²) in [6, 6.07) is 18.9. The number of aliphatic hydroxyl groups excluding tert-OH is 1. The molecule has 2 heteroatoms. The molecule has 22 heavy (non-hydrogen) atoms. The van der Waals surface area contributed by atoms with Gasteiger partial charge in [-0.2, -0.15) is 0 Å². The SMILES string of the molecule is CCCC(O)CCSc1ccc(/C=C/c2ccccc2)cc1. The van der Waals surface area contributed by atoms with E-state index in [-0.39, 0.29) is 6.10 Å². The van der Waals surface area contributed by atoms with E-state index < -0.39 is 0 Å². The second kappa shape index (κ2) is 9.50. The lowest BCUT2D eigenvalue weighted by Crippen LogP contribution is -2.06. The molecular formula is C20H24OS. The van der Waals surface area contributed by atoms with E-state index >= 15 is 0 Å². The summed E-state index contributed by atoms with van der Waals surface area (Å²) in [5.74, 6) is 0.973. The van der Waals surface area contributed by atoms with Gasteiger partial charge in [-0.3, -0.25) is 0 Å². The molecule has 0 heterocycles. The van der Waals surface area contributed by atoms with Crippen molar-refractivity contribution >= 4 is 23.9 Å². The van der Waals surface area contributed by atoms with Gasteiger partial charge in [0, 0.05) is 10.6 Å². The summed E-state index contributed by atoms with van der Waals surface area (Å²) in [6.45, 7) is 2.11. The third-order valence-electron chi connectivity index (χ3n) is 3.49. The summed E-state index contributed by atoms with van der Waals surface area (Å²) >= 11 is 1.81. The van der Waals surface area contributed by atoms with Gasteiger partial charge in [0.15, 0.2) is 0 Å². The molecule has 2 aromatic carbocycles. The Kier molecular flexibility index (Phi) is 7.27. The molecular weight excluding hydrogens is 288 g/mol. The number of benzene rings is 2. The van der Waals surface area contributed by atoms with E-state index in [0.717, 1.165) is 25.0 Å². The monoisotopic (exact) mass is 312 g/mol. The smallest absolute Gasteiger partial charge is 0.0548 e. The average Bonchev–Trinajstić information content (AvgIpc) is 2.55. The highest BCUT2D eigenvalue weighted by atomic mass is 32.2. The molecule has 0 saturated heterocycles. The maximum absolute atomic E-state index is 9.73. The van der Waals surface area contributed by atoms with Gasteiger partial charge in [0.05, 0.1) is 6.10 Å². The third kappa shape index (κ3) is 6.08. The van der Waals surface area contributed by atoms with E-state index in [1.54, 1.807) is 0 Å². The van der Waals surface area contributed by atoms with Crippen molar-refractivity contribution in [2.75, 3.05) is 5.75 Å². The van der Waals surface area contributed by atoms with Crippen LogP contribution < -0.4 is 0 Å². The Bertz CT molecular complexity index is 560. The largest absolute Gasteiger partial charge is 0.393 e. The fourth-order valence-electron chi connectivity index (χ4n) is 2.22. The van der Waals surface area contributed by atoms with E-state index in [4.69, 9.17) is 0 Å². The van der Waals surface area contributed by atoms with E-state index in [1.165, 1.54) is 16.0 Å². The van der Waals surface area contributed by atoms with Crippen molar-refractivity contribution in [2.45, 2.75) is 37.2 Å². The standard InChI is InChI=1S/C20H24OS/c1-2-6-19(21)15-16-22-20-13-11-18(12-14-20)10-9-17-7-4-3-5-8-17/h3-5,7-14,19,21H,2,6,15-16H2,1H3/b10-9+. The van der Waals surface area contributed by atoms with Crippen LogP contribution in [0.4, 0.5) is 0 Å². The van der Waals surface area contributed by atoms with E-state index in [2.05, 4.69) is 55.5 Å². The zero-order valence-corrected chi connectivity index (χ0v) is 13.9. The minimum absolute atomic E-state index is 0.148. The zero-order chi connectivity index (χ0) is 15.6. The van der Waals surface area contributed by atoms with E-state index in [9.17, 15) is 5.11 Å². The Hall–Kier alpha value is -1.51. The fourth-order valence-corrected chi connectivity index (χ4v) is 3.18. The molecule has 1 nitrogen and oxygen atoms in total. The maximum atomic E-state index is 9.73. The number of thioether (sulfide) groups is 1. The lowest BCUT2D eigenvalue weighted by molar-refractivity contribution is 0.160. The Morgan fingerprint density at radius 3 is 2.18 bits per heavy atom. The summed E-state index contributed by atoms with van der Waals surface area (Å²) in [5, 5.41) is 9.73. The van der Waals surface area contributed by atoms with Crippen LogP contribution in [0.2, 0.25) is 0 Å². The molecule has 1 atom stereocenters. The first kappa shape index (κ1) is 16.9. The van der Waals surface area contributed by atoms with Crippen molar-refractivity contribution in [1.82, 2.24) is 0 Å². The van der Waals surface area contributed by atoms with Gasteiger partial charge in [0.25, 0.3) is 0 Å². The first-order valence-corrected chi connectivity index (χ1v) is 8.90. The van der Waals surface area contributed by atoms with Gasteiger partial charge in [0.2, 0.25) is 0 Å². The maximum Gasteiger partial charge on any atom is 0.0548 e. The molecule has 2 rings (SSSR count). The molecule has 0 fully saturated rings. The number of hydrogen-bond acceptors (Lipinski definition) is 2. The van der Waals surface area contributed by atoms with Gasteiger partial charge in [-0.1, -0.05) is 68.0 Å². The topological polar surface area (TPSA) is 20.2 Å². The van der Waals surface area contributed by atoms with Gasteiger partial charge >= 0.3 is 0 Å². The molecule has 1 unspecified atom stereocenters. The Morgan fingerprint density at radius 2 is 1.55 bits per heavy atom. The summed E-state index contributed by atoms with van der Waals surface area (Å²) in [7, 11) is 0. The van der Waals surface area contributed by atoms with Crippen LogP contribution in [0.1, 0.15) is 37.3 Å². The predicted octanol–water partition coefficient (Wildman–Crippen LogP) is 5.50. The first-order chi connectivity index (χ1) is 10.8. The molecule has 0 amide bonds. The van der Waals surface area contributed by atoms with Crippen molar-refractivity contribution < 1.29 is 5.11 Å². The van der Waals surface area contributed by atoms with Crippen LogP contribution in [0.25, 0.3) is 12.2 Å². The Morgan fingerprint density at radius 1 is 0.909 bits per heavy atom. The molecule has 0 spiro atoms. The van der Waals surface area contributed by atoms with Crippen molar-refractivity contribution in [1.29, 1.82) is 0 Å². The summed E-state index contributed by atoms with van der Waals surface area (Å²) < 4.78 is 0. The van der Waals surface area contributed by atoms with Crippen LogP contribution in [0, 0.1) is 0 Å². The number of aliphatic hydroxyl groups is 1.